The maximum atomic E-state index is 6.09. The molecule has 2 unspecified atom stereocenters. The van der Waals surface area contributed by atoms with Crippen LogP contribution in [-0.2, 0) is 0 Å². The average Bonchev–Trinajstić information content (AvgIpc) is 2.27. The van der Waals surface area contributed by atoms with Crippen molar-refractivity contribution in [2.75, 3.05) is 0 Å². The SMILES string of the molecule is CC(Cl)C(C)c1ccc2cccnc2c1. The number of alkyl halides is 1. The van der Waals surface area contributed by atoms with E-state index in [-0.39, 0.29) is 5.38 Å². The van der Waals surface area contributed by atoms with Gasteiger partial charge in [-0.05, 0) is 30.5 Å². The van der Waals surface area contributed by atoms with E-state index in [0.717, 1.165) is 5.52 Å². The summed E-state index contributed by atoms with van der Waals surface area (Å²) in [7, 11) is 0. The first-order valence-electron chi connectivity index (χ1n) is 5.17. The molecule has 78 valence electrons. The van der Waals surface area contributed by atoms with Gasteiger partial charge in [-0.3, -0.25) is 4.98 Å². The Hall–Kier alpha value is -1.08. The molecule has 0 radical (unpaired) electrons. The molecule has 1 aromatic heterocycles. The fourth-order valence-corrected chi connectivity index (χ4v) is 1.78. The Labute approximate surface area is 95.1 Å². The van der Waals surface area contributed by atoms with E-state index in [1.54, 1.807) is 0 Å². The molecule has 15 heavy (non-hydrogen) atoms. The molecule has 1 heterocycles. The highest BCUT2D eigenvalue weighted by atomic mass is 35.5. The van der Waals surface area contributed by atoms with Gasteiger partial charge < -0.3 is 0 Å². The molecule has 0 saturated carbocycles. The first-order valence-corrected chi connectivity index (χ1v) is 5.61. The Kier molecular flexibility index (Phi) is 2.92. The number of hydrogen-bond donors (Lipinski definition) is 0. The minimum atomic E-state index is 0.145. The van der Waals surface area contributed by atoms with Crippen LogP contribution in [0.3, 0.4) is 0 Å². The quantitative estimate of drug-likeness (QED) is 0.697. The lowest BCUT2D eigenvalue weighted by molar-refractivity contribution is 0.743. The van der Waals surface area contributed by atoms with Crippen molar-refractivity contribution in [2.24, 2.45) is 0 Å². The average molecular weight is 220 g/mol. The number of pyridine rings is 1. The lowest BCUT2D eigenvalue weighted by atomic mass is 9.97. The molecule has 0 aliphatic carbocycles. The Morgan fingerprint density at radius 1 is 1.20 bits per heavy atom. The number of aromatic nitrogens is 1. The van der Waals surface area contributed by atoms with Crippen LogP contribution in [0.5, 0.6) is 0 Å². The maximum Gasteiger partial charge on any atom is 0.0704 e. The van der Waals surface area contributed by atoms with Crippen LogP contribution in [-0.4, -0.2) is 10.4 Å². The molecule has 0 amide bonds. The predicted molar refractivity (Wildman–Crippen MR) is 65.5 cm³/mol. The third-order valence-electron chi connectivity index (χ3n) is 2.84. The first-order chi connectivity index (χ1) is 7.18. The number of benzene rings is 1. The summed E-state index contributed by atoms with van der Waals surface area (Å²) >= 11 is 6.09. The Bertz CT molecular complexity index is 465. The van der Waals surface area contributed by atoms with Gasteiger partial charge in [-0.15, -0.1) is 11.6 Å². The molecule has 0 aliphatic rings. The van der Waals surface area contributed by atoms with Gasteiger partial charge in [0.2, 0.25) is 0 Å². The zero-order valence-corrected chi connectivity index (χ0v) is 9.70. The summed E-state index contributed by atoms with van der Waals surface area (Å²) in [5.41, 5.74) is 2.29. The zero-order valence-electron chi connectivity index (χ0n) is 8.94. The molecular weight excluding hydrogens is 206 g/mol. The van der Waals surface area contributed by atoms with Gasteiger partial charge in [0.05, 0.1) is 5.52 Å². The Morgan fingerprint density at radius 2 is 2.00 bits per heavy atom. The van der Waals surface area contributed by atoms with Crippen LogP contribution in [0.1, 0.15) is 25.3 Å². The minimum Gasteiger partial charge on any atom is -0.256 e. The van der Waals surface area contributed by atoms with Gasteiger partial charge in [-0.2, -0.15) is 0 Å². The summed E-state index contributed by atoms with van der Waals surface area (Å²) in [6, 6.07) is 10.4. The van der Waals surface area contributed by atoms with Crippen LogP contribution in [0.4, 0.5) is 0 Å². The molecule has 2 aromatic rings. The van der Waals surface area contributed by atoms with Crippen LogP contribution in [0.25, 0.3) is 10.9 Å². The van der Waals surface area contributed by atoms with E-state index in [0.29, 0.717) is 5.92 Å². The van der Waals surface area contributed by atoms with E-state index >= 15 is 0 Å². The summed E-state index contributed by atoms with van der Waals surface area (Å²) in [4.78, 5) is 4.34. The summed E-state index contributed by atoms with van der Waals surface area (Å²) in [5, 5.41) is 1.32. The molecule has 2 heteroatoms. The van der Waals surface area contributed by atoms with Crippen LogP contribution < -0.4 is 0 Å². The van der Waals surface area contributed by atoms with Crippen molar-refractivity contribution in [3.63, 3.8) is 0 Å². The topological polar surface area (TPSA) is 12.9 Å². The van der Waals surface area contributed by atoms with Gasteiger partial charge in [0.25, 0.3) is 0 Å². The van der Waals surface area contributed by atoms with Gasteiger partial charge in [0.1, 0.15) is 0 Å². The molecule has 0 aliphatic heterocycles. The molecule has 2 atom stereocenters. The fourth-order valence-electron chi connectivity index (χ4n) is 1.63. The van der Waals surface area contributed by atoms with Crippen LogP contribution in [0.2, 0.25) is 0 Å². The third-order valence-corrected chi connectivity index (χ3v) is 3.22. The van der Waals surface area contributed by atoms with E-state index in [4.69, 9.17) is 11.6 Å². The van der Waals surface area contributed by atoms with Crippen molar-refractivity contribution in [1.82, 2.24) is 4.98 Å². The highest BCUT2D eigenvalue weighted by Gasteiger charge is 2.11. The van der Waals surface area contributed by atoms with Crippen LogP contribution >= 0.6 is 11.6 Å². The van der Waals surface area contributed by atoms with Crippen molar-refractivity contribution in [2.45, 2.75) is 25.1 Å². The second kappa shape index (κ2) is 4.19. The number of fused-ring (bicyclic) bond motifs is 1. The van der Waals surface area contributed by atoms with E-state index in [1.807, 2.05) is 19.2 Å². The van der Waals surface area contributed by atoms with Gasteiger partial charge in [0.15, 0.2) is 0 Å². The second-order valence-electron chi connectivity index (χ2n) is 3.92. The Balaban J connectivity index is 2.47. The smallest absolute Gasteiger partial charge is 0.0704 e. The Morgan fingerprint density at radius 3 is 2.73 bits per heavy atom. The zero-order chi connectivity index (χ0) is 10.8. The number of halogens is 1. The lowest BCUT2D eigenvalue weighted by Crippen LogP contribution is -2.04. The normalized spacial score (nSPS) is 15.1. The number of rotatable bonds is 2. The van der Waals surface area contributed by atoms with Crippen molar-refractivity contribution in [3.05, 3.63) is 42.1 Å². The van der Waals surface area contributed by atoms with Gasteiger partial charge >= 0.3 is 0 Å². The summed E-state index contributed by atoms with van der Waals surface area (Å²) < 4.78 is 0. The number of hydrogen-bond acceptors (Lipinski definition) is 1. The highest BCUT2D eigenvalue weighted by Crippen LogP contribution is 2.25. The predicted octanol–water partition coefficient (Wildman–Crippen LogP) is 3.97. The van der Waals surface area contributed by atoms with Crippen molar-refractivity contribution < 1.29 is 0 Å². The molecule has 1 nitrogen and oxygen atoms in total. The maximum absolute atomic E-state index is 6.09. The van der Waals surface area contributed by atoms with Gasteiger partial charge in [-0.25, -0.2) is 0 Å². The molecule has 0 bridgehead atoms. The summed E-state index contributed by atoms with van der Waals surface area (Å²) in [6.07, 6.45) is 1.82. The van der Waals surface area contributed by atoms with Crippen molar-refractivity contribution in [3.8, 4) is 0 Å². The molecule has 1 aromatic carbocycles. The largest absolute Gasteiger partial charge is 0.256 e. The molecule has 0 fully saturated rings. The first kappa shape index (κ1) is 10.4. The summed E-state index contributed by atoms with van der Waals surface area (Å²) in [6.45, 7) is 4.16. The molecular formula is C13H14ClN. The third kappa shape index (κ3) is 2.13. The van der Waals surface area contributed by atoms with E-state index in [9.17, 15) is 0 Å². The van der Waals surface area contributed by atoms with Gasteiger partial charge in [-0.1, -0.05) is 25.1 Å². The van der Waals surface area contributed by atoms with Crippen LogP contribution in [0.15, 0.2) is 36.5 Å². The van der Waals surface area contributed by atoms with Gasteiger partial charge in [0, 0.05) is 17.0 Å². The van der Waals surface area contributed by atoms with E-state index in [2.05, 4.69) is 36.2 Å². The minimum absolute atomic E-state index is 0.145. The standard InChI is InChI=1S/C13H14ClN/c1-9(10(2)14)12-6-5-11-4-3-7-15-13(11)8-12/h3-10H,1-2H3. The summed E-state index contributed by atoms with van der Waals surface area (Å²) in [5.74, 6) is 0.359. The second-order valence-corrected chi connectivity index (χ2v) is 4.61. The van der Waals surface area contributed by atoms with Crippen molar-refractivity contribution >= 4 is 22.5 Å². The van der Waals surface area contributed by atoms with E-state index < -0.39 is 0 Å². The molecule has 2 rings (SSSR count). The molecule has 0 N–H and O–H groups in total. The molecule has 0 spiro atoms. The van der Waals surface area contributed by atoms with Crippen LogP contribution in [0, 0.1) is 0 Å². The van der Waals surface area contributed by atoms with Crippen molar-refractivity contribution in [1.29, 1.82) is 0 Å². The lowest BCUT2D eigenvalue weighted by Gasteiger charge is -2.14. The fraction of sp³-hybridized carbons (Fsp3) is 0.308. The monoisotopic (exact) mass is 219 g/mol. The van der Waals surface area contributed by atoms with E-state index in [1.165, 1.54) is 10.9 Å². The number of nitrogens with zero attached hydrogens (tertiary/aromatic N) is 1. The molecule has 0 saturated heterocycles. The highest BCUT2D eigenvalue weighted by molar-refractivity contribution is 6.20.